The molecule has 3 heteroatoms. The minimum absolute atomic E-state index is 0.223. The van der Waals surface area contributed by atoms with Gasteiger partial charge in [0.15, 0.2) is 0 Å². The largest absolute Gasteiger partial charge is 0.327 e. The van der Waals surface area contributed by atoms with Crippen LogP contribution in [0.3, 0.4) is 0 Å². The topological polar surface area (TPSA) is 32.5 Å². The molecular weight excluding hydrogens is 234 g/mol. The molecule has 0 heterocycles. The highest BCUT2D eigenvalue weighted by Crippen LogP contribution is 2.19. The molecule has 0 aromatic carbocycles. The van der Waals surface area contributed by atoms with Crippen LogP contribution >= 0.6 is 0 Å². The fraction of sp³-hybridized carbons (Fsp3) is 1.00. The molecule has 0 rings (SSSR count). The first-order chi connectivity index (χ1) is 8.85. The SMILES string of the molecule is CCN(CC)CCCN(CC)CCC(N)C(C)(C)C. The molecule has 0 fully saturated rings. The van der Waals surface area contributed by atoms with Gasteiger partial charge in [0.25, 0.3) is 0 Å². The molecule has 2 N–H and O–H groups in total. The van der Waals surface area contributed by atoms with Gasteiger partial charge in [0, 0.05) is 6.04 Å². The van der Waals surface area contributed by atoms with Crippen molar-refractivity contribution in [1.29, 1.82) is 0 Å². The summed E-state index contributed by atoms with van der Waals surface area (Å²) < 4.78 is 0. The van der Waals surface area contributed by atoms with Crippen molar-refractivity contribution in [3.8, 4) is 0 Å². The van der Waals surface area contributed by atoms with Crippen LogP contribution in [0.4, 0.5) is 0 Å². The van der Waals surface area contributed by atoms with E-state index < -0.39 is 0 Å². The van der Waals surface area contributed by atoms with Crippen molar-refractivity contribution >= 4 is 0 Å². The predicted molar refractivity (Wildman–Crippen MR) is 86.6 cm³/mol. The number of nitrogens with two attached hydrogens (primary N) is 1. The van der Waals surface area contributed by atoms with Crippen LogP contribution in [0.5, 0.6) is 0 Å². The van der Waals surface area contributed by atoms with Gasteiger partial charge in [0.1, 0.15) is 0 Å². The summed E-state index contributed by atoms with van der Waals surface area (Å²) in [5.41, 5.74) is 6.46. The van der Waals surface area contributed by atoms with Gasteiger partial charge in [0.05, 0.1) is 0 Å². The smallest absolute Gasteiger partial charge is 0.00998 e. The Morgan fingerprint density at radius 2 is 1.32 bits per heavy atom. The van der Waals surface area contributed by atoms with E-state index in [9.17, 15) is 0 Å². The highest BCUT2D eigenvalue weighted by Gasteiger charge is 2.20. The molecule has 0 bridgehead atoms. The van der Waals surface area contributed by atoms with E-state index in [1.165, 1.54) is 19.5 Å². The molecular formula is C16H37N3. The maximum atomic E-state index is 6.24. The Labute approximate surface area is 121 Å². The molecule has 3 nitrogen and oxygen atoms in total. The van der Waals surface area contributed by atoms with Crippen molar-refractivity contribution in [3.63, 3.8) is 0 Å². The van der Waals surface area contributed by atoms with Crippen LogP contribution in [-0.2, 0) is 0 Å². The number of hydrogen-bond acceptors (Lipinski definition) is 3. The number of rotatable bonds is 10. The monoisotopic (exact) mass is 271 g/mol. The van der Waals surface area contributed by atoms with Gasteiger partial charge in [-0.1, -0.05) is 41.5 Å². The van der Waals surface area contributed by atoms with Crippen LogP contribution in [0.15, 0.2) is 0 Å². The molecule has 0 saturated heterocycles. The summed E-state index contributed by atoms with van der Waals surface area (Å²) in [6.07, 6.45) is 2.36. The van der Waals surface area contributed by atoms with Crippen LogP contribution in [0.25, 0.3) is 0 Å². The third kappa shape index (κ3) is 8.61. The first kappa shape index (κ1) is 18.9. The molecule has 1 unspecified atom stereocenters. The first-order valence-electron chi connectivity index (χ1n) is 8.05. The van der Waals surface area contributed by atoms with Crippen molar-refractivity contribution in [2.24, 2.45) is 11.1 Å². The van der Waals surface area contributed by atoms with Crippen LogP contribution in [0, 0.1) is 5.41 Å². The van der Waals surface area contributed by atoms with E-state index in [1.54, 1.807) is 0 Å². The molecule has 116 valence electrons. The number of hydrogen-bond donors (Lipinski definition) is 1. The van der Waals surface area contributed by atoms with Crippen LogP contribution in [0.2, 0.25) is 0 Å². The fourth-order valence-corrected chi connectivity index (χ4v) is 2.24. The Balaban J connectivity index is 3.89. The summed E-state index contributed by atoms with van der Waals surface area (Å²) in [6.45, 7) is 20.4. The molecule has 0 saturated carbocycles. The average Bonchev–Trinajstić information content (AvgIpc) is 2.36. The summed E-state index contributed by atoms with van der Waals surface area (Å²) in [6, 6.07) is 0.296. The highest BCUT2D eigenvalue weighted by atomic mass is 15.1. The zero-order valence-corrected chi connectivity index (χ0v) is 14.2. The van der Waals surface area contributed by atoms with E-state index in [0.717, 1.165) is 32.6 Å². The van der Waals surface area contributed by atoms with Crippen molar-refractivity contribution in [1.82, 2.24) is 9.80 Å². The number of nitrogens with zero attached hydrogens (tertiary/aromatic N) is 2. The van der Waals surface area contributed by atoms with Crippen molar-refractivity contribution in [2.45, 2.75) is 60.4 Å². The molecule has 0 aliphatic heterocycles. The molecule has 0 aliphatic rings. The molecule has 0 aliphatic carbocycles. The van der Waals surface area contributed by atoms with E-state index in [0.29, 0.717) is 6.04 Å². The van der Waals surface area contributed by atoms with E-state index in [4.69, 9.17) is 5.73 Å². The maximum Gasteiger partial charge on any atom is 0.00998 e. The van der Waals surface area contributed by atoms with Gasteiger partial charge >= 0.3 is 0 Å². The minimum atomic E-state index is 0.223. The van der Waals surface area contributed by atoms with E-state index in [-0.39, 0.29) is 5.41 Å². The lowest BCUT2D eigenvalue weighted by Crippen LogP contribution is -2.39. The summed E-state index contributed by atoms with van der Waals surface area (Å²) in [5.74, 6) is 0. The molecule has 0 amide bonds. The lowest BCUT2D eigenvalue weighted by Gasteiger charge is -2.30. The molecule has 0 aromatic rings. The van der Waals surface area contributed by atoms with E-state index in [1.807, 2.05) is 0 Å². The Hall–Kier alpha value is -0.120. The Morgan fingerprint density at radius 3 is 1.74 bits per heavy atom. The molecule has 1 atom stereocenters. The standard InChI is InChI=1S/C16H37N3/c1-7-18(8-2)12-10-13-19(9-3)14-11-15(17)16(4,5)6/h15H,7-14,17H2,1-6H3. The third-order valence-corrected chi connectivity index (χ3v) is 4.16. The zero-order chi connectivity index (χ0) is 14.9. The Morgan fingerprint density at radius 1 is 0.842 bits per heavy atom. The summed E-state index contributed by atoms with van der Waals surface area (Å²) in [4.78, 5) is 5.03. The minimum Gasteiger partial charge on any atom is -0.327 e. The van der Waals surface area contributed by atoms with E-state index in [2.05, 4.69) is 51.3 Å². The zero-order valence-electron chi connectivity index (χ0n) is 14.2. The van der Waals surface area contributed by atoms with Crippen molar-refractivity contribution < 1.29 is 0 Å². The summed E-state index contributed by atoms with van der Waals surface area (Å²) in [5, 5.41) is 0. The third-order valence-electron chi connectivity index (χ3n) is 4.16. The second-order valence-corrected chi connectivity index (χ2v) is 6.58. The molecule has 0 aromatic heterocycles. The van der Waals surface area contributed by atoms with Crippen molar-refractivity contribution in [2.75, 3.05) is 39.3 Å². The highest BCUT2D eigenvalue weighted by molar-refractivity contribution is 4.78. The summed E-state index contributed by atoms with van der Waals surface area (Å²) in [7, 11) is 0. The quantitative estimate of drug-likeness (QED) is 0.663. The average molecular weight is 271 g/mol. The lowest BCUT2D eigenvalue weighted by atomic mass is 9.85. The Kier molecular flexibility index (Phi) is 9.67. The predicted octanol–water partition coefficient (Wildman–Crippen LogP) is 2.80. The van der Waals surface area contributed by atoms with Gasteiger partial charge in [0.2, 0.25) is 0 Å². The van der Waals surface area contributed by atoms with E-state index >= 15 is 0 Å². The first-order valence-corrected chi connectivity index (χ1v) is 8.05. The summed E-state index contributed by atoms with van der Waals surface area (Å²) >= 11 is 0. The maximum absolute atomic E-state index is 6.24. The van der Waals surface area contributed by atoms with Gasteiger partial charge in [-0.15, -0.1) is 0 Å². The second kappa shape index (κ2) is 9.73. The van der Waals surface area contributed by atoms with Crippen LogP contribution in [0.1, 0.15) is 54.4 Å². The molecule has 0 spiro atoms. The van der Waals surface area contributed by atoms with Gasteiger partial charge < -0.3 is 15.5 Å². The lowest BCUT2D eigenvalue weighted by molar-refractivity contribution is 0.217. The van der Waals surface area contributed by atoms with Crippen molar-refractivity contribution in [3.05, 3.63) is 0 Å². The van der Waals surface area contributed by atoms with Gasteiger partial charge in [-0.2, -0.15) is 0 Å². The van der Waals surface area contributed by atoms with Crippen LogP contribution < -0.4 is 5.73 Å². The normalized spacial score (nSPS) is 14.4. The van der Waals surface area contributed by atoms with Gasteiger partial charge in [-0.3, -0.25) is 0 Å². The second-order valence-electron chi connectivity index (χ2n) is 6.58. The Bertz CT molecular complexity index is 207. The van der Waals surface area contributed by atoms with Crippen LogP contribution in [-0.4, -0.2) is 55.1 Å². The van der Waals surface area contributed by atoms with Gasteiger partial charge in [-0.05, 0) is 57.5 Å². The molecule has 0 radical (unpaired) electrons. The van der Waals surface area contributed by atoms with Gasteiger partial charge in [-0.25, -0.2) is 0 Å². The molecule has 19 heavy (non-hydrogen) atoms. The fourth-order valence-electron chi connectivity index (χ4n) is 2.24.